The number of benzene rings is 1. The molecule has 0 spiro atoms. The minimum atomic E-state index is -1.17. The van der Waals surface area contributed by atoms with Gasteiger partial charge < -0.3 is 10.2 Å². The lowest BCUT2D eigenvalue weighted by atomic mass is 10.1. The van der Waals surface area contributed by atoms with Crippen LogP contribution in [0.5, 0.6) is 0 Å². The number of carbonyl (C=O) groups is 3. The Morgan fingerprint density at radius 1 is 1.16 bits per heavy atom. The van der Waals surface area contributed by atoms with Gasteiger partial charge in [-0.15, -0.1) is 11.8 Å². The van der Waals surface area contributed by atoms with Gasteiger partial charge in [0.05, 0.1) is 5.75 Å². The van der Waals surface area contributed by atoms with E-state index in [0.717, 1.165) is 17.3 Å². The third-order valence-corrected chi connectivity index (χ3v) is 3.61. The first-order valence-corrected chi connectivity index (χ1v) is 6.61. The number of aryl methyl sites for hydroxylation is 1. The molecule has 2 N–H and O–H groups in total. The zero-order valence-corrected chi connectivity index (χ0v) is 11.1. The van der Waals surface area contributed by atoms with Gasteiger partial charge in [-0.3, -0.25) is 14.4 Å². The van der Waals surface area contributed by atoms with Crippen molar-refractivity contribution in [1.82, 2.24) is 0 Å². The number of ketones is 1. The summed E-state index contributed by atoms with van der Waals surface area (Å²) in [5.74, 6) is -2.91. The van der Waals surface area contributed by atoms with Gasteiger partial charge in [0, 0.05) is 12.0 Å². The smallest absolute Gasteiger partial charge is 0.317 e. The fourth-order valence-electron chi connectivity index (χ4n) is 1.42. The molecule has 0 aliphatic carbocycles. The lowest BCUT2D eigenvalue weighted by Crippen LogP contribution is -2.22. The predicted octanol–water partition coefficient (Wildman–Crippen LogP) is 1.84. The Morgan fingerprint density at radius 3 is 2.21 bits per heavy atom. The van der Waals surface area contributed by atoms with Crippen molar-refractivity contribution in [3.63, 3.8) is 0 Å². The monoisotopic (exact) mass is 282 g/mol. The summed E-state index contributed by atoms with van der Waals surface area (Å²) in [7, 11) is 0. The molecule has 0 saturated carbocycles. The summed E-state index contributed by atoms with van der Waals surface area (Å²) in [6, 6.07) is 6.82. The zero-order valence-electron chi connectivity index (χ0n) is 10.3. The predicted molar refractivity (Wildman–Crippen MR) is 71.6 cm³/mol. The van der Waals surface area contributed by atoms with Crippen LogP contribution in [0, 0.1) is 6.92 Å². The van der Waals surface area contributed by atoms with Gasteiger partial charge in [-0.05, 0) is 6.92 Å². The normalized spacial score (nSPS) is 11.8. The minimum absolute atomic E-state index is 0.212. The molecule has 0 aliphatic rings. The Bertz CT molecular complexity index is 480. The molecule has 102 valence electrons. The van der Waals surface area contributed by atoms with Gasteiger partial charge in [0.25, 0.3) is 0 Å². The van der Waals surface area contributed by atoms with Crippen molar-refractivity contribution in [2.75, 3.05) is 5.75 Å². The molecule has 1 aromatic rings. The number of hydrogen-bond acceptors (Lipinski definition) is 4. The molecule has 19 heavy (non-hydrogen) atoms. The van der Waals surface area contributed by atoms with E-state index in [1.54, 1.807) is 24.3 Å². The molecule has 0 heterocycles. The van der Waals surface area contributed by atoms with Crippen LogP contribution in [0.4, 0.5) is 0 Å². The van der Waals surface area contributed by atoms with Gasteiger partial charge in [-0.25, -0.2) is 0 Å². The summed E-state index contributed by atoms with van der Waals surface area (Å²) in [6.07, 6.45) is -0.212. The summed E-state index contributed by atoms with van der Waals surface area (Å²) in [6.45, 7) is 1.89. The third kappa shape index (κ3) is 5.13. The molecule has 1 atom stereocenters. The average molecular weight is 282 g/mol. The summed E-state index contributed by atoms with van der Waals surface area (Å²) >= 11 is 0.744. The molecule has 1 aromatic carbocycles. The van der Waals surface area contributed by atoms with Crippen molar-refractivity contribution < 1.29 is 24.6 Å². The van der Waals surface area contributed by atoms with Crippen molar-refractivity contribution in [2.45, 2.75) is 18.6 Å². The van der Waals surface area contributed by atoms with Crippen molar-refractivity contribution in [3.8, 4) is 0 Å². The molecule has 0 unspecified atom stereocenters. The van der Waals surface area contributed by atoms with Gasteiger partial charge in [-0.1, -0.05) is 29.8 Å². The quantitative estimate of drug-likeness (QED) is 0.741. The van der Waals surface area contributed by atoms with E-state index in [1.165, 1.54) is 0 Å². The van der Waals surface area contributed by atoms with Crippen molar-refractivity contribution in [2.24, 2.45) is 0 Å². The van der Waals surface area contributed by atoms with Crippen molar-refractivity contribution in [3.05, 3.63) is 35.4 Å². The van der Waals surface area contributed by atoms with Gasteiger partial charge in [0.15, 0.2) is 5.78 Å². The van der Waals surface area contributed by atoms with Crippen LogP contribution in [0.3, 0.4) is 0 Å². The Balaban J connectivity index is 2.68. The highest BCUT2D eigenvalue weighted by Gasteiger charge is 2.23. The van der Waals surface area contributed by atoms with Crippen LogP contribution >= 0.6 is 11.8 Å². The first kappa shape index (κ1) is 15.2. The Morgan fingerprint density at radius 2 is 1.74 bits per heavy atom. The number of aliphatic carboxylic acids is 2. The van der Waals surface area contributed by atoms with Crippen molar-refractivity contribution in [1.29, 1.82) is 0 Å². The van der Waals surface area contributed by atoms with E-state index in [1.807, 2.05) is 6.92 Å². The van der Waals surface area contributed by atoms with E-state index in [9.17, 15) is 14.4 Å². The van der Waals surface area contributed by atoms with Gasteiger partial charge in [-0.2, -0.15) is 0 Å². The SMILES string of the molecule is Cc1ccc(C(=O)C[C@@H](SCC(=O)O)C(=O)O)cc1. The van der Waals surface area contributed by atoms with Crippen molar-refractivity contribution >= 4 is 29.5 Å². The average Bonchev–Trinajstić information content (AvgIpc) is 2.34. The second-order valence-corrected chi connectivity index (χ2v) is 5.22. The molecule has 0 aliphatic heterocycles. The number of rotatable bonds is 7. The first-order chi connectivity index (χ1) is 8.90. The van der Waals surface area contributed by atoms with Gasteiger partial charge in [0.1, 0.15) is 5.25 Å². The van der Waals surface area contributed by atoms with E-state index in [0.29, 0.717) is 5.56 Å². The summed E-state index contributed by atoms with van der Waals surface area (Å²) < 4.78 is 0. The second-order valence-electron chi connectivity index (χ2n) is 4.02. The Hall–Kier alpha value is -1.82. The van der Waals surface area contributed by atoms with Crippen LogP contribution in [-0.2, 0) is 9.59 Å². The van der Waals surface area contributed by atoms with Crippen LogP contribution < -0.4 is 0 Å². The molecule has 0 aromatic heterocycles. The molecule has 0 amide bonds. The first-order valence-electron chi connectivity index (χ1n) is 5.56. The molecule has 5 nitrogen and oxygen atoms in total. The minimum Gasteiger partial charge on any atom is -0.481 e. The molecule has 0 fully saturated rings. The van der Waals surface area contributed by atoms with E-state index < -0.39 is 17.2 Å². The fraction of sp³-hybridized carbons (Fsp3) is 0.308. The van der Waals surface area contributed by atoms with Crippen LogP contribution in [-0.4, -0.2) is 38.9 Å². The summed E-state index contributed by atoms with van der Waals surface area (Å²) in [5, 5.41) is 16.5. The number of carbonyl (C=O) groups excluding carboxylic acids is 1. The lowest BCUT2D eigenvalue weighted by Gasteiger charge is -2.10. The third-order valence-electron chi connectivity index (χ3n) is 2.43. The number of hydrogen-bond donors (Lipinski definition) is 2. The Labute approximate surface area is 114 Å². The van der Waals surface area contributed by atoms with Crippen LogP contribution in [0.25, 0.3) is 0 Å². The second kappa shape index (κ2) is 6.94. The topological polar surface area (TPSA) is 91.7 Å². The summed E-state index contributed by atoms with van der Waals surface area (Å²) in [5.41, 5.74) is 1.44. The Kier molecular flexibility index (Phi) is 5.57. The maximum atomic E-state index is 11.9. The van der Waals surface area contributed by atoms with E-state index >= 15 is 0 Å². The maximum Gasteiger partial charge on any atom is 0.317 e. The molecule has 1 rings (SSSR count). The number of carboxylic acid groups (broad SMARTS) is 2. The molecular weight excluding hydrogens is 268 g/mol. The van der Waals surface area contributed by atoms with E-state index in [-0.39, 0.29) is 18.0 Å². The maximum absolute atomic E-state index is 11.9. The molecule has 0 bridgehead atoms. The largest absolute Gasteiger partial charge is 0.481 e. The molecule has 6 heteroatoms. The molecule has 0 saturated heterocycles. The highest BCUT2D eigenvalue weighted by Crippen LogP contribution is 2.18. The summed E-state index contributed by atoms with van der Waals surface area (Å²) in [4.78, 5) is 33.3. The number of Topliss-reactive ketones (excluding diaryl/α,β-unsaturated/α-hetero) is 1. The van der Waals surface area contributed by atoms with E-state index in [2.05, 4.69) is 0 Å². The number of carboxylic acids is 2. The molecular formula is C13H14O5S. The van der Waals surface area contributed by atoms with E-state index in [4.69, 9.17) is 10.2 Å². The van der Waals surface area contributed by atoms with Gasteiger partial charge >= 0.3 is 11.9 Å². The van der Waals surface area contributed by atoms with Crippen LogP contribution in [0.1, 0.15) is 22.3 Å². The highest BCUT2D eigenvalue weighted by atomic mass is 32.2. The lowest BCUT2D eigenvalue weighted by molar-refractivity contribution is -0.136. The number of thioether (sulfide) groups is 1. The standard InChI is InChI=1S/C13H14O5S/c1-8-2-4-9(5-3-8)10(14)6-11(13(17)18)19-7-12(15)16/h2-5,11H,6-7H2,1H3,(H,15,16)(H,17,18)/t11-/m1/s1. The van der Waals surface area contributed by atoms with Crippen LogP contribution in [0.2, 0.25) is 0 Å². The van der Waals surface area contributed by atoms with Crippen LogP contribution in [0.15, 0.2) is 24.3 Å². The fourth-order valence-corrected chi connectivity index (χ4v) is 2.17. The molecule has 0 radical (unpaired) electrons. The highest BCUT2D eigenvalue weighted by molar-refractivity contribution is 8.01. The zero-order chi connectivity index (χ0) is 14.4. The van der Waals surface area contributed by atoms with Gasteiger partial charge in [0.2, 0.25) is 0 Å².